The fourth-order valence-electron chi connectivity index (χ4n) is 1.71. The second-order valence-corrected chi connectivity index (χ2v) is 4.37. The molecule has 0 aliphatic heterocycles. The highest BCUT2D eigenvalue weighted by molar-refractivity contribution is 6.04. The Morgan fingerprint density at radius 3 is 2.61 bits per heavy atom. The van der Waals surface area contributed by atoms with Gasteiger partial charge in [-0.1, -0.05) is 0 Å². The number of carbonyl (C=O) groups excluding carboxylic acids is 1. The highest BCUT2D eigenvalue weighted by atomic mass is 19.4. The third-order valence-corrected chi connectivity index (χ3v) is 2.66. The summed E-state index contributed by atoms with van der Waals surface area (Å²) in [4.78, 5) is 15.4. The first-order valence-electron chi connectivity index (χ1n) is 6.22. The molecule has 6 nitrogen and oxygen atoms in total. The Balaban J connectivity index is 2.39. The Bertz CT molecular complexity index is 733. The molecule has 0 unspecified atom stereocenters. The number of benzene rings is 1. The molecule has 0 aliphatic rings. The van der Waals surface area contributed by atoms with Crippen molar-refractivity contribution in [2.75, 3.05) is 0 Å². The number of amides is 1. The number of hydrogen-bond acceptors (Lipinski definition) is 4. The first-order valence-corrected chi connectivity index (χ1v) is 6.22. The van der Waals surface area contributed by atoms with Crippen LogP contribution in [-0.2, 0) is 6.18 Å². The normalized spacial score (nSPS) is 10.9. The Labute approximate surface area is 128 Å². The monoisotopic (exact) mass is 324 g/mol. The van der Waals surface area contributed by atoms with Crippen molar-refractivity contribution >= 4 is 11.9 Å². The lowest BCUT2D eigenvalue weighted by Crippen LogP contribution is -2.35. The van der Waals surface area contributed by atoms with Crippen molar-refractivity contribution in [2.45, 2.75) is 6.18 Å². The molecular formula is C14H11F3N4O2. The van der Waals surface area contributed by atoms with Crippen molar-refractivity contribution in [3.8, 4) is 11.5 Å². The first-order chi connectivity index (χ1) is 10.8. The second kappa shape index (κ2) is 6.34. The van der Waals surface area contributed by atoms with Crippen LogP contribution in [0.5, 0.6) is 11.5 Å². The summed E-state index contributed by atoms with van der Waals surface area (Å²) in [6.45, 7) is 0. The van der Waals surface area contributed by atoms with E-state index in [1.807, 2.05) is 5.32 Å². The zero-order chi connectivity index (χ0) is 17.0. The lowest BCUT2D eigenvalue weighted by molar-refractivity contribution is -0.138. The van der Waals surface area contributed by atoms with E-state index in [0.717, 1.165) is 12.1 Å². The molecule has 0 radical (unpaired) electrons. The van der Waals surface area contributed by atoms with Crippen LogP contribution in [-0.4, -0.2) is 16.9 Å². The van der Waals surface area contributed by atoms with Crippen molar-refractivity contribution in [3.63, 3.8) is 0 Å². The Hall–Kier alpha value is -3.10. The molecule has 0 bridgehead atoms. The van der Waals surface area contributed by atoms with Crippen molar-refractivity contribution in [3.05, 3.63) is 53.9 Å². The van der Waals surface area contributed by atoms with Crippen LogP contribution < -0.4 is 15.8 Å². The number of carbonyl (C=O) groups is 1. The van der Waals surface area contributed by atoms with Gasteiger partial charge in [0.05, 0.1) is 11.8 Å². The van der Waals surface area contributed by atoms with Crippen LogP contribution in [0.25, 0.3) is 0 Å². The zero-order valence-corrected chi connectivity index (χ0v) is 11.5. The predicted molar refractivity (Wildman–Crippen MR) is 75.1 cm³/mol. The fourth-order valence-corrected chi connectivity index (χ4v) is 1.71. The molecule has 1 amide bonds. The van der Waals surface area contributed by atoms with Gasteiger partial charge in [-0.25, -0.2) is 0 Å². The molecule has 1 heterocycles. The Kier molecular flexibility index (Phi) is 4.49. The van der Waals surface area contributed by atoms with Crippen LogP contribution in [0, 0.1) is 5.41 Å². The number of guanidine groups is 1. The number of nitrogens with zero attached hydrogens (tertiary/aromatic N) is 1. The minimum Gasteiger partial charge on any atom is -0.455 e. The summed E-state index contributed by atoms with van der Waals surface area (Å²) >= 11 is 0. The molecule has 120 valence electrons. The Morgan fingerprint density at radius 2 is 2.04 bits per heavy atom. The third kappa shape index (κ3) is 4.19. The molecule has 2 aromatic rings. The zero-order valence-electron chi connectivity index (χ0n) is 11.5. The van der Waals surface area contributed by atoms with Crippen molar-refractivity contribution in [2.24, 2.45) is 5.73 Å². The van der Waals surface area contributed by atoms with Crippen LogP contribution in [0.3, 0.4) is 0 Å². The van der Waals surface area contributed by atoms with Crippen LogP contribution in [0.1, 0.15) is 15.9 Å². The van der Waals surface area contributed by atoms with Crippen molar-refractivity contribution in [1.82, 2.24) is 10.3 Å². The van der Waals surface area contributed by atoms with E-state index in [1.165, 1.54) is 24.5 Å². The summed E-state index contributed by atoms with van der Waals surface area (Å²) in [7, 11) is 0. The van der Waals surface area contributed by atoms with Crippen LogP contribution >= 0.6 is 0 Å². The maximum absolute atomic E-state index is 13.2. The van der Waals surface area contributed by atoms with Gasteiger partial charge in [-0.3, -0.25) is 20.5 Å². The minimum absolute atomic E-state index is 0.124. The van der Waals surface area contributed by atoms with Crippen LogP contribution in [0.2, 0.25) is 0 Å². The number of ether oxygens (including phenoxy) is 1. The maximum Gasteiger partial charge on any atom is 0.420 e. The van der Waals surface area contributed by atoms with Crippen LogP contribution in [0.15, 0.2) is 42.7 Å². The summed E-state index contributed by atoms with van der Waals surface area (Å²) in [6.07, 6.45) is -2.02. The SMILES string of the molecule is N=C(N)NC(=O)c1ccc(Oc2cccnc2)c(C(F)(F)F)c1. The molecule has 0 aliphatic carbocycles. The van der Waals surface area contributed by atoms with Crippen molar-refractivity contribution in [1.29, 1.82) is 5.41 Å². The quantitative estimate of drug-likeness (QED) is 0.596. The molecule has 9 heteroatoms. The van der Waals surface area contributed by atoms with Gasteiger partial charge in [0.2, 0.25) is 0 Å². The van der Waals surface area contributed by atoms with E-state index in [1.54, 1.807) is 0 Å². The lowest BCUT2D eigenvalue weighted by Gasteiger charge is -2.15. The van der Waals surface area contributed by atoms with E-state index in [-0.39, 0.29) is 11.3 Å². The van der Waals surface area contributed by atoms with Gasteiger partial charge in [0.15, 0.2) is 5.96 Å². The van der Waals surface area contributed by atoms with E-state index >= 15 is 0 Å². The molecular weight excluding hydrogens is 313 g/mol. The van der Waals surface area contributed by atoms with E-state index in [9.17, 15) is 18.0 Å². The number of aromatic nitrogens is 1. The van der Waals surface area contributed by atoms with E-state index in [2.05, 4.69) is 4.98 Å². The molecule has 0 saturated heterocycles. The van der Waals surface area contributed by atoms with E-state index < -0.39 is 29.4 Å². The predicted octanol–water partition coefficient (Wildman–Crippen LogP) is 2.52. The molecule has 1 aromatic heterocycles. The second-order valence-electron chi connectivity index (χ2n) is 4.37. The Morgan fingerprint density at radius 1 is 1.30 bits per heavy atom. The van der Waals surface area contributed by atoms with Crippen LogP contribution in [0.4, 0.5) is 13.2 Å². The molecule has 1 aromatic carbocycles. The minimum atomic E-state index is -4.73. The first kappa shape index (κ1) is 16.3. The highest BCUT2D eigenvalue weighted by Gasteiger charge is 2.35. The standard InChI is InChI=1S/C14H11F3N4O2/c15-14(16,17)10-6-8(12(22)21-13(18)19)3-4-11(10)23-9-2-1-5-20-7-9/h1-7H,(H4,18,19,21,22). The molecule has 0 fully saturated rings. The lowest BCUT2D eigenvalue weighted by atomic mass is 10.1. The summed E-state index contributed by atoms with van der Waals surface area (Å²) < 4.78 is 44.7. The number of nitrogens with one attached hydrogen (secondary N) is 2. The maximum atomic E-state index is 13.2. The van der Waals surface area contributed by atoms with Gasteiger partial charge in [-0.15, -0.1) is 0 Å². The molecule has 4 N–H and O–H groups in total. The average molecular weight is 324 g/mol. The van der Waals surface area contributed by atoms with Gasteiger partial charge in [0.25, 0.3) is 5.91 Å². The van der Waals surface area contributed by atoms with E-state index in [4.69, 9.17) is 15.9 Å². The summed E-state index contributed by atoms with van der Waals surface area (Å²) in [5, 5.41) is 8.84. The number of pyridine rings is 1. The summed E-state index contributed by atoms with van der Waals surface area (Å²) in [5.74, 6) is -1.93. The van der Waals surface area contributed by atoms with Gasteiger partial charge in [0, 0.05) is 11.8 Å². The average Bonchev–Trinajstić information content (AvgIpc) is 2.46. The largest absolute Gasteiger partial charge is 0.455 e. The highest BCUT2D eigenvalue weighted by Crippen LogP contribution is 2.38. The molecule has 23 heavy (non-hydrogen) atoms. The third-order valence-electron chi connectivity index (χ3n) is 2.66. The number of rotatable bonds is 3. The van der Waals surface area contributed by atoms with Gasteiger partial charge >= 0.3 is 6.18 Å². The van der Waals surface area contributed by atoms with Gasteiger partial charge < -0.3 is 10.5 Å². The smallest absolute Gasteiger partial charge is 0.420 e. The fraction of sp³-hybridized carbons (Fsp3) is 0.0714. The molecule has 0 atom stereocenters. The van der Waals surface area contributed by atoms with Gasteiger partial charge in [-0.2, -0.15) is 13.2 Å². The molecule has 0 spiro atoms. The van der Waals surface area contributed by atoms with Gasteiger partial charge in [-0.05, 0) is 30.3 Å². The molecule has 2 rings (SSSR count). The number of halogens is 3. The van der Waals surface area contributed by atoms with E-state index in [0.29, 0.717) is 6.07 Å². The van der Waals surface area contributed by atoms with Crippen molar-refractivity contribution < 1.29 is 22.7 Å². The van der Waals surface area contributed by atoms with Gasteiger partial charge in [0.1, 0.15) is 11.5 Å². The number of hydrogen-bond donors (Lipinski definition) is 3. The molecule has 0 saturated carbocycles. The summed E-state index contributed by atoms with van der Waals surface area (Å²) in [6, 6.07) is 5.74. The number of alkyl halides is 3. The number of nitrogens with two attached hydrogens (primary N) is 1. The topological polar surface area (TPSA) is 101 Å². The summed E-state index contributed by atoms with van der Waals surface area (Å²) in [5.41, 5.74) is 3.56.